The van der Waals surface area contributed by atoms with E-state index in [1.54, 1.807) is 34.3 Å². The molecular formula is C36H18F5N3OS. The first-order chi connectivity index (χ1) is 22.2. The predicted molar refractivity (Wildman–Crippen MR) is 166 cm³/mol. The van der Waals surface area contributed by atoms with Crippen molar-refractivity contribution in [3.05, 3.63) is 137 Å². The molecule has 5 aromatic carbocycles. The van der Waals surface area contributed by atoms with Crippen LogP contribution in [-0.4, -0.2) is 10.3 Å². The average Bonchev–Trinajstić information content (AvgIpc) is 3.37. The van der Waals surface area contributed by atoms with Gasteiger partial charge in [0.1, 0.15) is 5.82 Å². The van der Waals surface area contributed by atoms with Crippen LogP contribution in [0.4, 0.5) is 22.0 Å². The molecule has 0 radical (unpaired) electrons. The Morgan fingerprint density at radius 3 is 2.07 bits per heavy atom. The molecule has 4 nitrogen and oxygen atoms in total. The third kappa shape index (κ3) is 5.29. The summed E-state index contributed by atoms with van der Waals surface area (Å²) in [5.41, 5.74) is 1.67. The Kier molecular flexibility index (Phi) is 8.14. The van der Waals surface area contributed by atoms with Crippen LogP contribution in [0.3, 0.4) is 0 Å². The maximum Gasteiger partial charge on any atom is 0.263 e. The second-order valence-electron chi connectivity index (χ2n) is 10.1. The molecule has 1 aromatic heterocycles. The summed E-state index contributed by atoms with van der Waals surface area (Å²) >= 11 is 1.13. The predicted octanol–water partition coefficient (Wildman–Crippen LogP) is 10.1. The molecule has 0 amide bonds. The minimum Gasteiger partial charge on any atom is -0.298 e. The van der Waals surface area contributed by atoms with Crippen molar-refractivity contribution in [3.8, 4) is 45.6 Å². The zero-order valence-electron chi connectivity index (χ0n) is 23.4. The summed E-state index contributed by atoms with van der Waals surface area (Å²) in [6.07, 6.45) is -2.45. The fraction of sp³-hybridized carbons (Fsp3) is 0.0278. The molecule has 0 atom stereocenters. The van der Waals surface area contributed by atoms with Crippen molar-refractivity contribution in [1.82, 2.24) is 3.97 Å². The van der Waals surface area contributed by atoms with Gasteiger partial charge in [-0.2, -0.15) is 10.5 Å². The highest BCUT2D eigenvalue weighted by Crippen LogP contribution is 2.47. The third-order valence-electron chi connectivity index (χ3n) is 7.46. The number of aromatic nitrogens is 1. The molecule has 10 heteroatoms. The maximum absolute atomic E-state index is 15.2. The molecule has 0 unspecified atom stereocenters. The van der Waals surface area contributed by atoms with Crippen LogP contribution in [0, 0.1) is 40.1 Å². The van der Waals surface area contributed by atoms with Gasteiger partial charge in [0.25, 0.3) is 6.43 Å². The Labute approximate surface area is 263 Å². The number of aldehydes is 1. The number of alkyl halides is 2. The molecule has 0 N–H and O–H groups in total. The number of fused-ring (bicyclic) bond motifs is 1. The Morgan fingerprint density at radius 1 is 0.739 bits per heavy atom. The summed E-state index contributed by atoms with van der Waals surface area (Å²) in [5.74, 6) is -3.11. The molecule has 6 aromatic rings. The number of hydrogen-bond donors (Lipinski definition) is 0. The van der Waals surface area contributed by atoms with E-state index in [2.05, 4.69) is 12.1 Å². The molecule has 46 heavy (non-hydrogen) atoms. The maximum atomic E-state index is 15.2. The molecular weight excluding hydrogens is 617 g/mol. The highest BCUT2D eigenvalue weighted by Gasteiger charge is 2.26. The molecule has 6 rings (SSSR count). The average molecular weight is 636 g/mol. The summed E-state index contributed by atoms with van der Waals surface area (Å²) in [4.78, 5) is 11.7. The van der Waals surface area contributed by atoms with Crippen LogP contribution in [0.1, 0.15) is 33.5 Å². The molecule has 0 saturated heterocycles. The fourth-order valence-corrected chi connectivity index (χ4v) is 6.36. The first-order valence-electron chi connectivity index (χ1n) is 13.6. The van der Waals surface area contributed by atoms with Gasteiger partial charge in [-0.05, 0) is 72.1 Å². The number of halogens is 5. The highest BCUT2D eigenvalue weighted by atomic mass is 32.2. The lowest BCUT2D eigenvalue weighted by atomic mass is 9.90. The standard InChI is InChI=1S/C36H18F5N3OS/c37-26-10-14-30-29(16-26)32(31-23(17-42)5-2-6-24(31)18-43)35(44(30)46-27-11-7-20(8-12-27)36(40)41)22-4-1-3-21(15-22)28-13-9-25(19-45)33(38)34(28)39/h1-16,19,36H. The summed E-state index contributed by atoms with van der Waals surface area (Å²) in [6.45, 7) is 0. The van der Waals surface area contributed by atoms with Gasteiger partial charge in [0.2, 0.25) is 0 Å². The van der Waals surface area contributed by atoms with Gasteiger partial charge in [0.05, 0.1) is 40.0 Å². The van der Waals surface area contributed by atoms with Gasteiger partial charge in [0.15, 0.2) is 17.9 Å². The third-order valence-corrected chi connectivity index (χ3v) is 8.50. The van der Waals surface area contributed by atoms with Crippen LogP contribution in [0.2, 0.25) is 0 Å². The lowest BCUT2D eigenvalue weighted by Gasteiger charge is -2.15. The van der Waals surface area contributed by atoms with Crippen molar-refractivity contribution >= 4 is 29.1 Å². The number of benzene rings is 5. The number of carbonyl (C=O) groups is 1. The van der Waals surface area contributed by atoms with Crippen molar-refractivity contribution in [2.75, 3.05) is 0 Å². The summed E-state index contributed by atoms with van der Waals surface area (Å²) in [7, 11) is 0. The van der Waals surface area contributed by atoms with Crippen molar-refractivity contribution in [1.29, 1.82) is 10.5 Å². The monoisotopic (exact) mass is 635 g/mol. The van der Waals surface area contributed by atoms with Crippen molar-refractivity contribution in [2.45, 2.75) is 11.3 Å². The van der Waals surface area contributed by atoms with Gasteiger partial charge in [0, 0.05) is 38.1 Å². The smallest absolute Gasteiger partial charge is 0.263 e. The Morgan fingerprint density at radius 2 is 1.41 bits per heavy atom. The van der Waals surface area contributed by atoms with Gasteiger partial charge in [-0.1, -0.05) is 42.5 Å². The minimum absolute atomic E-state index is 0.120. The van der Waals surface area contributed by atoms with Crippen LogP contribution in [0.15, 0.2) is 102 Å². The molecule has 0 aliphatic rings. The highest BCUT2D eigenvalue weighted by molar-refractivity contribution is 7.98. The molecule has 0 aliphatic carbocycles. The first kappa shape index (κ1) is 30.3. The summed E-state index contributed by atoms with van der Waals surface area (Å²) < 4.78 is 73.0. The van der Waals surface area contributed by atoms with Gasteiger partial charge in [-0.15, -0.1) is 0 Å². The number of hydrogen-bond acceptors (Lipinski definition) is 4. The van der Waals surface area contributed by atoms with Crippen molar-refractivity contribution < 1.29 is 26.7 Å². The Hall–Kier alpha value is -5.71. The molecule has 0 bridgehead atoms. The quantitative estimate of drug-likeness (QED) is 0.129. The minimum atomic E-state index is -2.67. The Bertz CT molecular complexity index is 2220. The molecule has 1 heterocycles. The number of nitriles is 2. The lowest BCUT2D eigenvalue weighted by molar-refractivity contribution is 0.111. The van der Waals surface area contributed by atoms with Crippen LogP contribution in [-0.2, 0) is 0 Å². The molecule has 0 spiro atoms. The van der Waals surface area contributed by atoms with E-state index < -0.39 is 29.4 Å². The SMILES string of the molecule is N#Cc1cccc(C#N)c1-c1c(-c2cccc(-c3ccc(C=O)c(F)c3F)c2)n(Sc2ccc(C(F)F)cc2)c2ccc(F)cc12. The number of nitrogens with zero attached hydrogens (tertiary/aromatic N) is 3. The summed E-state index contributed by atoms with van der Waals surface area (Å²) in [6, 6.07) is 27.4. The van der Waals surface area contributed by atoms with E-state index in [4.69, 9.17) is 0 Å². The second-order valence-corrected chi connectivity index (χ2v) is 11.1. The van der Waals surface area contributed by atoms with Crippen LogP contribution < -0.4 is 0 Å². The molecule has 0 fully saturated rings. The van der Waals surface area contributed by atoms with Crippen LogP contribution in [0.5, 0.6) is 0 Å². The van der Waals surface area contributed by atoms with E-state index in [1.807, 2.05) is 0 Å². The lowest BCUT2D eigenvalue weighted by Crippen LogP contribution is -1.97. The largest absolute Gasteiger partial charge is 0.298 e. The zero-order chi connectivity index (χ0) is 32.5. The molecule has 0 saturated carbocycles. The van der Waals surface area contributed by atoms with Gasteiger partial charge >= 0.3 is 0 Å². The van der Waals surface area contributed by atoms with E-state index in [1.165, 1.54) is 66.7 Å². The molecule has 224 valence electrons. The fourth-order valence-electron chi connectivity index (χ4n) is 5.34. The Balaban J connectivity index is 1.70. The van der Waals surface area contributed by atoms with E-state index in [0.717, 1.165) is 11.9 Å². The topological polar surface area (TPSA) is 69.6 Å². The van der Waals surface area contributed by atoms with Crippen LogP contribution in [0.25, 0.3) is 44.4 Å². The van der Waals surface area contributed by atoms with E-state index in [0.29, 0.717) is 32.6 Å². The number of rotatable bonds is 7. The van der Waals surface area contributed by atoms with E-state index in [9.17, 15) is 32.9 Å². The number of carbonyl (C=O) groups excluding carboxylic acids is 1. The van der Waals surface area contributed by atoms with Gasteiger partial charge in [-0.25, -0.2) is 22.0 Å². The summed E-state index contributed by atoms with van der Waals surface area (Å²) in [5, 5.41) is 20.5. The normalized spacial score (nSPS) is 11.0. The van der Waals surface area contributed by atoms with Gasteiger partial charge in [-0.3, -0.25) is 8.77 Å². The van der Waals surface area contributed by atoms with E-state index >= 15 is 4.39 Å². The second kappa shape index (κ2) is 12.4. The molecule has 0 aliphatic heterocycles. The van der Waals surface area contributed by atoms with Crippen molar-refractivity contribution in [3.63, 3.8) is 0 Å². The zero-order valence-corrected chi connectivity index (χ0v) is 24.3. The first-order valence-corrected chi connectivity index (χ1v) is 14.4. The van der Waals surface area contributed by atoms with Crippen LogP contribution >= 0.6 is 11.9 Å². The van der Waals surface area contributed by atoms with E-state index in [-0.39, 0.29) is 39.7 Å². The van der Waals surface area contributed by atoms with Crippen molar-refractivity contribution in [2.24, 2.45) is 0 Å². The van der Waals surface area contributed by atoms with Gasteiger partial charge < -0.3 is 0 Å².